The molecule has 7 heteroatoms. The molecule has 1 N–H and O–H groups in total. The minimum Gasteiger partial charge on any atom is -0.497 e. The highest BCUT2D eigenvalue weighted by Gasteiger charge is 2.25. The number of urea groups is 1. The van der Waals surface area contributed by atoms with E-state index in [-0.39, 0.29) is 12.1 Å². The highest BCUT2D eigenvalue weighted by atomic mass is 16.5. The van der Waals surface area contributed by atoms with Crippen molar-refractivity contribution < 1.29 is 14.3 Å². The molecule has 0 aliphatic heterocycles. The molecule has 3 rings (SSSR count). The Kier molecular flexibility index (Phi) is 7.76. The van der Waals surface area contributed by atoms with Gasteiger partial charge in [-0.25, -0.2) is 9.48 Å². The number of carbonyl (C=O) groups excluding carboxylic acids is 1. The first kappa shape index (κ1) is 23.2. The number of methoxy groups -OCH3 is 1. The number of amides is 2. The molecule has 0 atom stereocenters. The summed E-state index contributed by atoms with van der Waals surface area (Å²) in [4.78, 5) is 14.7. The molecule has 0 spiro atoms. The lowest BCUT2D eigenvalue weighted by molar-refractivity contribution is 0.179. The number of nitrogens with one attached hydrogen (secondary N) is 1. The normalized spacial score (nSPS) is 10.8. The summed E-state index contributed by atoms with van der Waals surface area (Å²) in [5.41, 5.74) is 2.61. The third-order valence-corrected chi connectivity index (χ3v) is 5.13. The second-order valence-corrected chi connectivity index (χ2v) is 7.86. The first-order valence-corrected chi connectivity index (χ1v) is 10.9. The van der Waals surface area contributed by atoms with E-state index in [2.05, 4.69) is 5.32 Å². The van der Waals surface area contributed by atoms with E-state index in [0.29, 0.717) is 30.5 Å². The molecule has 0 radical (unpaired) electrons. The summed E-state index contributed by atoms with van der Waals surface area (Å²) in [7, 11) is 3.47. The number of hydrogen-bond acceptors (Lipinski definition) is 4. The van der Waals surface area contributed by atoms with Gasteiger partial charge in [0.25, 0.3) is 0 Å². The van der Waals surface area contributed by atoms with Crippen LogP contribution in [0.2, 0.25) is 0 Å². The first-order chi connectivity index (χ1) is 15.4. The molecular formula is C25H32N4O3. The minimum absolute atomic E-state index is 0.000329. The molecule has 170 valence electrons. The quantitative estimate of drug-likeness (QED) is 0.499. The summed E-state index contributed by atoms with van der Waals surface area (Å²) in [5, 5.41) is 7.74. The van der Waals surface area contributed by atoms with Crippen molar-refractivity contribution in [3.63, 3.8) is 0 Å². The molecule has 0 fully saturated rings. The topological polar surface area (TPSA) is 68.6 Å². The number of aromatic nitrogens is 2. The lowest BCUT2D eigenvalue weighted by atomic mass is 10.1. The van der Waals surface area contributed by atoms with E-state index in [1.54, 1.807) is 16.7 Å². The Bertz CT molecular complexity index is 1030. The molecular weight excluding hydrogens is 404 g/mol. The van der Waals surface area contributed by atoms with Gasteiger partial charge in [-0.2, -0.15) is 5.10 Å². The van der Waals surface area contributed by atoms with E-state index in [1.165, 1.54) is 0 Å². The van der Waals surface area contributed by atoms with Crippen molar-refractivity contribution >= 4 is 6.03 Å². The molecule has 0 saturated heterocycles. The number of hydrogen-bond donors (Lipinski definition) is 1. The number of carbonyl (C=O) groups is 1. The predicted octanol–water partition coefficient (Wildman–Crippen LogP) is 5.22. The van der Waals surface area contributed by atoms with Crippen LogP contribution in [0.25, 0.3) is 11.3 Å². The smallest absolute Gasteiger partial charge is 0.317 e. The summed E-state index contributed by atoms with van der Waals surface area (Å²) < 4.78 is 13.3. The summed E-state index contributed by atoms with van der Waals surface area (Å²) in [6, 6.07) is 17.3. The van der Waals surface area contributed by atoms with E-state index in [1.807, 2.05) is 82.4 Å². The fraction of sp³-hybridized carbons (Fsp3) is 0.360. The van der Waals surface area contributed by atoms with Crippen molar-refractivity contribution in [1.29, 1.82) is 0 Å². The van der Waals surface area contributed by atoms with E-state index in [0.717, 1.165) is 23.2 Å². The highest BCUT2D eigenvalue weighted by molar-refractivity contribution is 5.75. The molecule has 1 heterocycles. The van der Waals surface area contributed by atoms with Gasteiger partial charge >= 0.3 is 6.03 Å². The molecule has 1 aromatic heterocycles. The third-order valence-electron chi connectivity index (χ3n) is 5.13. The summed E-state index contributed by atoms with van der Waals surface area (Å²) in [5.74, 6) is 1.93. The Morgan fingerprint density at radius 1 is 1.12 bits per heavy atom. The molecule has 0 bridgehead atoms. The van der Waals surface area contributed by atoms with Gasteiger partial charge in [-0.3, -0.25) is 0 Å². The van der Waals surface area contributed by atoms with Crippen molar-refractivity contribution in [3.05, 3.63) is 60.2 Å². The van der Waals surface area contributed by atoms with E-state index in [4.69, 9.17) is 14.6 Å². The van der Waals surface area contributed by atoms with Crippen LogP contribution in [-0.2, 0) is 13.6 Å². The number of rotatable bonds is 9. The van der Waals surface area contributed by atoms with Crippen LogP contribution in [0.3, 0.4) is 0 Å². The van der Waals surface area contributed by atoms with E-state index < -0.39 is 0 Å². The Morgan fingerprint density at radius 2 is 1.84 bits per heavy atom. The van der Waals surface area contributed by atoms with Gasteiger partial charge in [0.15, 0.2) is 0 Å². The van der Waals surface area contributed by atoms with Gasteiger partial charge in [0.1, 0.15) is 17.2 Å². The van der Waals surface area contributed by atoms with Gasteiger partial charge < -0.3 is 19.7 Å². The van der Waals surface area contributed by atoms with E-state index in [9.17, 15) is 4.79 Å². The van der Waals surface area contributed by atoms with Crippen molar-refractivity contribution in [2.75, 3.05) is 13.7 Å². The zero-order chi connectivity index (χ0) is 23.1. The first-order valence-electron chi connectivity index (χ1n) is 10.9. The maximum Gasteiger partial charge on any atom is 0.317 e. The summed E-state index contributed by atoms with van der Waals surface area (Å²) in [6.45, 7) is 7.05. The van der Waals surface area contributed by atoms with Crippen molar-refractivity contribution in [3.8, 4) is 28.6 Å². The fourth-order valence-corrected chi connectivity index (χ4v) is 3.42. The maximum atomic E-state index is 12.9. The fourth-order valence-electron chi connectivity index (χ4n) is 3.42. The Labute approximate surface area is 190 Å². The van der Waals surface area contributed by atoms with Gasteiger partial charge in [0.2, 0.25) is 5.88 Å². The molecule has 0 unspecified atom stereocenters. The van der Waals surface area contributed by atoms with Crippen LogP contribution in [0.5, 0.6) is 17.4 Å². The molecule has 2 amide bonds. The Balaban J connectivity index is 2.04. The van der Waals surface area contributed by atoms with Crippen LogP contribution in [0.15, 0.2) is 54.6 Å². The number of ether oxygens (including phenoxy) is 2. The molecule has 0 aliphatic rings. The summed E-state index contributed by atoms with van der Waals surface area (Å²) >= 11 is 0. The van der Waals surface area contributed by atoms with Crippen molar-refractivity contribution in [1.82, 2.24) is 20.0 Å². The molecule has 0 saturated carbocycles. The second kappa shape index (κ2) is 10.7. The number of aryl methyl sites for hydroxylation is 1. The van der Waals surface area contributed by atoms with Gasteiger partial charge in [0.05, 0.1) is 19.2 Å². The average Bonchev–Trinajstić information content (AvgIpc) is 3.11. The highest BCUT2D eigenvalue weighted by Crippen LogP contribution is 2.35. The lowest BCUT2D eigenvalue weighted by Crippen LogP contribution is -2.43. The SMILES string of the molecule is CCCNC(=O)N(Cc1c(-c2ccccc2)nn(C)c1Oc1cccc(OC)c1)C(C)C. The van der Waals surface area contributed by atoms with Crippen molar-refractivity contribution in [2.45, 2.75) is 39.8 Å². The molecule has 32 heavy (non-hydrogen) atoms. The standard InChI is InChI=1S/C25H32N4O3/c1-6-15-26-25(30)29(18(2)3)17-22-23(19-11-8-7-9-12-19)27-28(4)24(22)32-21-14-10-13-20(16-21)31-5/h7-14,16,18H,6,15,17H2,1-5H3,(H,26,30). The monoisotopic (exact) mass is 436 g/mol. The zero-order valence-corrected chi connectivity index (χ0v) is 19.5. The van der Waals surface area contributed by atoms with Gasteiger partial charge in [-0.15, -0.1) is 0 Å². The van der Waals surface area contributed by atoms with E-state index >= 15 is 0 Å². The molecule has 2 aromatic carbocycles. The van der Waals surface area contributed by atoms with Crippen molar-refractivity contribution in [2.24, 2.45) is 7.05 Å². The van der Waals surface area contributed by atoms with Crippen LogP contribution >= 0.6 is 0 Å². The van der Waals surface area contributed by atoms with Crippen LogP contribution in [0, 0.1) is 0 Å². The predicted molar refractivity (Wildman–Crippen MR) is 126 cm³/mol. The van der Waals surface area contributed by atoms with Crippen LogP contribution in [0.1, 0.15) is 32.8 Å². The maximum absolute atomic E-state index is 12.9. The van der Waals surface area contributed by atoms with Gasteiger partial charge in [0, 0.05) is 31.3 Å². The largest absolute Gasteiger partial charge is 0.497 e. The third kappa shape index (κ3) is 5.41. The zero-order valence-electron chi connectivity index (χ0n) is 19.5. The summed E-state index contributed by atoms with van der Waals surface area (Å²) in [6.07, 6.45) is 0.879. The molecule has 7 nitrogen and oxygen atoms in total. The Hall–Kier alpha value is -3.48. The second-order valence-electron chi connectivity index (χ2n) is 7.86. The molecule has 3 aromatic rings. The van der Waals surface area contributed by atoms with Crippen LogP contribution in [-0.4, -0.2) is 40.4 Å². The Morgan fingerprint density at radius 3 is 2.50 bits per heavy atom. The van der Waals surface area contributed by atoms with Gasteiger partial charge in [-0.1, -0.05) is 43.3 Å². The number of benzene rings is 2. The van der Waals surface area contributed by atoms with Gasteiger partial charge in [-0.05, 0) is 32.4 Å². The van der Waals surface area contributed by atoms with Crippen LogP contribution in [0.4, 0.5) is 4.79 Å². The lowest BCUT2D eigenvalue weighted by Gasteiger charge is -2.27. The molecule has 0 aliphatic carbocycles. The average molecular weight is 437 g/mol. The van der Waals surface area contributed by atoms with Crippen LogP contribution < -0.4 is 14.8 Å². The minimum atomic E-state index is -0.1000. The number of nitrogens with zero attached hydrogens (tertiary/aromatic N) is 3.